The molecule has 0 aromatic carbocycles. The van der Waals surface area contributed by atoms with Crippen LogP contribution in [0.15, 0.2) is 24.4 Å². The van der Waals surface area contributed by atoms with E-state index in [-0.39, 0.29) is 0 Å². The van der Waals surface area contributed by atoms with Crippen LogP contribution in [0, 0.1) is 6.92 Å². The minimum atomic E-state index is 0.773. The maximum absolute atomic E-state index is 5.66. The number of aryl methyl sites for hydroxylation is 1. The Morgan fingerprint density at radius 1 is 1.35 bits per heavy atom. The molecule has 0 N–H and O–H groups in total. The molecule has 4 heteroatoms. The number of unbranched alkanes of at least 4 members (excludes halogenated alkanes) is 1. The first-order valence-electron chi connectivity index (χ1n) is 5.89. The number of hydrogen-bond donors (Lipinski definition) is 0. The molecule has 0 unspecified atom stereocenters. The Morgan fingerprint density at radius 2 is 2.24 bits per heavy atom. The smallest absolute Gasteiger partial charge is 0.137 e. The molecule has 17 heavy (non-hydrogen) atoms. The standard InChI is InChI=1S/C13H17ClN2S/c1-11-12(10-17-9-5-3-7-14)16-8-4-2-6-13(16)15-11/h2,4,6,8H,3,5,7,9-10H2,1H3. The van der Waals surface area contributed by atoms with Crippen molar-refractivity contribution in [3.05, 3.63) is 35.8 Å². The molecular formula is C13H17ClN2S. The normalized spacial score (nSPS) is 11.2. The molecule has 0 spiro atoms. The molecule has 2 heterocycles. The lowest BCUT2D eigenvalue weighted by Gasteiger charge is -2.03. The van der Waals surface area contributed by atoms with E-state index < -0.39 is 0 Å². The zero-order chi connectivity index (χ0) is 12.1. The van der Waals surface area contributed by atoms with Gasteiger partial charge in [0.15, 0.2) is 0 Å². The van der Waals surface area contributed by atoms with E-state index in [2.05, 4.69) is 34.6 Å². The van der Waals surface area contributed by atoms with Crippen molar-refractivity contribution in [2.75, 3.05) is 11.6 Å². The summed E-state index contributed by atoms with van der Waals surface area (Å²) in [4.78, 5) is 4.56. The molecule has 0 aliphatic heterocycles. The van der Waals surface area contributed by atoms with E-state index >= 15 is 0 Å². The van der Waals surface area contributed by atoms with Gasteiger partial charge in [-0.2, -0.15) is 11.8 Å². The van der Waals surface area contributed by atoms with Crippen molar-refractivity contribution in [2.24, 2.45) is 0 Å². The molecule has 0 saturated heterocycles. The third-order valence-corrected chi connectivity index (χ3v) is 4.06. The Hall–Kier alpha value is -0.670. The highest BCUT2D eigenvalue weighted by molar-refractivity contribution is 7.98. The Labute approximate surface area is 111 Å². The van der Waals surface area contributed by atoms with Gasteiger partial charge in [-0.1, -0.05) is 6.07 Å². The minimum absolute atomic E-state index is 0.773. The van der Waals surface area contributed by atoms with Crippen LogP contribution in [0.2, 0.25) is 0 Å². The lowest BCUT2D eigenvalue weighted by molar-refractivity contribution is 0.902. The fraction of sp³-hybridized carbons (Fsp3) is 0.462. The monoisotopic (exact) mass is 268 g/mol. The van der Waals surface area contributed by atoms with Gasteiger partial charge in [-0.15, -0.1) is 11.6 Å². The van der Waals surface area contributed by atoms with Crippen molar-refractivity contribution < 1.29 is 0 Å². The fourth-order valence-electron chi connectivity index (χ4n) is 1.81. The predicted molar refractivity (Wildman–Crippen MR) is 76.0 cm³/mol. The second-order valence-corrected chi connectivity index (χ2v) is 5.50. The van der Waals surface area contributed by atoms with Crippen molar-refractivity contribution in [3.63, 3.8) is 0 Å². The number of fused-ring (bicyclic) bond motifs is 1. The summed E-state index contributed by atoms with van der Waals surface area (Å²) in [5.41, 5.74) is 3.50. The predicted octanol–water partition coefficient (Wildman–Crippen LogP) is 3.89. The average Bonchev–Trinajstić information content (AvgIpc) is 2.65. The maximum Gasteiger partial charge on any atom is 0.137 e. The van der Waals surface area contributed by atoms with Gasteiger partial charge in [0.2, 0.25) is 0 Å². The summed E-state index contributed by atoms with van der Waals surface area (Å²) in [6.45, 7) is 2.08. The number of pyridine rings is 1. The number of hydrogen-bond acceptors (Lipinski definition) is 2. The number of alkyl halides is 1. The third-order valence-electron chi connectivity index (χ3n) is 2.74. The zero-order valence-electron chi connectivity index (χ0n) is 10.0. The summed E-state index contributed by atoms with van der Waals surface area (Å²) in [6, 6.07) is 6.13. The molecule has 2 nitrogen and oxygen atoms in total. The summed E-state index contributed by atoms with van der Waals surface area (Å²) in [6.07, 6.45) is 4.40. The lowest BCUT2D eigenvalue weighted by Crippen LogP contribution is -1.93. The second kappa shape index (κ2) is 6.31. The summed E-state index contributed by atoms with van der Waals surface area (Å²) in [5, 5.41) is 0. The first kappa shape index (κ1) is 12.8. The van der Waals surface area contributed by atoms with Crippen LogP contribution in [0.1, 0.15) is 24.2 Å². The summed E-state index contributed by atoms with van der Waals surface area (Å²) >= 11 is 7.62. The van der Waals surface area contributed by atoms with Crippen molar-refractivity contribution in [1.82, 2.24) is 9.38 Å². The largest absolute Gasteiger partial charge is 0.303 e. The van der Waals surface area contributed by atoms with E-state index in [0.717, 1.165) is 29.4 Å². The lowest BCUT2D eigenvalue weighted by atomic mass is 10.4. The van der Waals surface area contributed by atoms with Crippen molar-refractivity contribution in [1.29, 1.82) is 0 Å². The molecule has 0 bridgehead atoms. The number of aromatic nitrogens is 2. The summed E-state index contributed by atoms with van der Waals surface area (Å²) in [5.74, 6) is 2.97. The molecule has 2 aromatic rings. The van der Waals surface area contributed by atoms with Crippen LogP contribution in [-0.2, 0) is 5.75 Å². The number of imidazole rings is 1. The fourth-order valence-corrected chi connectivity index (χ4v) is 3.09. The number of nitrogens with zero attached hydrogens (tertiary/aromatic N) is 2. The van der Waals surface area contributed by atoms with E-state index in [1.165, 1.54) is 17.9 Å². The van der Waals surface area contributed by atoms with Gasteiger partial charge in [0.25, 0.3) is 0 Å². The highest BCUT2D eigenvalue weighted by Gasteiger charge is 2.07. The van der Waals surface area contributed by atoms with Crippen LogP contribution >= 0.6 is 23.4 Å². The highest BCUT2D eigenvalue weighted by atomic mass is 35.5. The number of thioether (sulfide) groups is 1. The first-order chi connectivity index (χ1) is 8.33. The summed E-state index contributed by atoms with van der Waals surface area (Å²) < 4.78 is 2.18. The van der Waals surface area contributed by atoms with E-state index in [0.29, 0.717) is 0 Å². The average molecular weight is 269 g/mol. The van der Waals surface area contributed by atoms with Crippen LogP contribution in [0.5, 0.6) is 0 Å². The van der Waals surface area contributed by atoms with Gasteiger partial charge < -0.3 is 4.40 Å². The van der Waals surface area contributed by atoms with Gasteiger partial charge in [0.05, 0.1) is 11.4 Å². The van der Waals surface area contributed by atoms with Gasteiger partial charge in [-0.05, 0) is 37.7 Å². The molecule has 2 aromatic heterocycles. The molecule has 2 rings (SSSR count). The molecule has 92 valence electrons. The molecule has 0 aliphatic carbocycles. The zero-order valence-corrected chi connectivity index (χ0v) is 11.6. The molecular weight excluding hydrogens is 252 g/mol. The topological polar surface area (TPSA) is 17.3 Å². The molecule has 0 radical (unpaired) electrons. The molecule has 0 atom stereocenters. The Bertz CT molecular complexity index is 481. The van der Waals surface area contributed by atoms with E-state index in [4.69, 9.17) is 11.6 Å². The molecule has 0 fully saturated rings. The van der Waals surface area contributed by atoms with Crippen LogP contribution in [0.3, 0.4) is 0 Å². The Morgan fingerprint density at radius 3 is 3.06 bits per heavy atom. The molecule has 0 amide bonds. The Balaban J connectivity index is 2.00. The van der Waals surface area contributed by atoms with Crippen molar-refractivity contribution >= 4 is 29.0 Å². The molecule has 0 saturated carbocycles. The highest BCUT2D eigenvalue weighted by Crippen LogP contribution is 2.19. The van der Waals surface area contributed by atoms with Gasteiger partial charge in [-0.3, -0.25) is 0 Å². The van der Waals surface area contributed by atoms with Crippen LogP contribution < -0.4 is 0 Å². The van der Waals surface area contributed by atoms with E-state index in [1.54, 1.807) is 0 Å². The first-order valence-corrected chi connectivity index (χ1v) is 7.58. The summed E-state index contributed by atoms with van der Waals surface area (Å²) in [7, 11) is 0. The van der Waals surface area contributed by atoms with Gasteiger partial charge in [-0.25, -0.2) is 4.98 Å². The SMILES string of the molecule is Cc1nc2ccccn2c1CSCCCCCl. The molecule has 0 aliphatic rings. The second-order valence-electron chi connectivity index (χ2n) is 4.02. The van der Waals surface area contributed by atoms with Crippen molar-refractivity contribution in [3.8, 4) is 0 Å². The van der Waals surface area contributed by atoms with E-state index in [9.17, 15) is 0 Å². The van der Waals surface area contributed by atoms with Crippen LogP contribution in [0.4, 0.5) is 0 Å². The van der Waals surface area contributed by atoms with Crippen LogP contribution in [-0.4, -0.2) is 21.0 Å². The maximum atomic E-state index is 5.66. The van der Waals surface area contributed by atoms with E-state index in [1.807, 2.05) is 17.8 Å². The van der Waals surface area contributed by atoms with Crippen molar-refractivity contribution in [2.45, 2.75) is 25.5 Å². The quantitative estimate of drug-likeness (QED) is 0.584. The van der Waals surface area contributed by atoms with Gasteiger partial charge in [0, 0.05) is 17.8 Å². The van der Waals surface area contributed by atoms with Crippen LogP contribution in [0.25, 0.3) is 5.65 Å². The van der Waals surface area contributed by atoms with Gasteiger partial charge >= 0.3 is 0 Å². The Kier molecular flexibility index (Phi) is 4.75. The third kappa shape index (κ3) is 3.17. The number of halogens is 1. The minimum Gasteiger partial charge on any atom is -0.303 e. The van der Waals surface area contributed by atoms with Gasteiger partial charge in [0.1, 0.15) is 5.65 Å². The number of rotatable bonds is 6.